The Morgan fingerprint density at radius 1 is 1.18 bits per heavy atom. The molecule has 0 amide bonds. The van der Waals surface area contributed by atoms with E-state index in [-0.39, 0.29) is 5.92 Å². The van der Waals surface area contributed by atoms with Gasteiger partial charge in [0.25, 0.3) is 0 Å². The van der Waals surface area contributed by atoms with Crippen LogP contribution in [0.2, 0.25) is 0 Å². The first kappa shape index (κ1) is 11.7. The maximum Gasteiger partial charge on any atom is 0.170 e. The third kappa shape index (κ3) is 1.82. The smallest absolute Gasteiger partial charge is 0.170 e. The van der Waals surface area contributed by atoms with E-state index in [1.54, 1.807) is 0 Å². The molecule has 0 heterocycles. The summed E-state index contributed by atoms with van der Waals surface area (Å²) in [6.45, 7) is 0. The molecule has 1 aliphatic rings. The molecule has 0 radical (unpaired) electrons. The molecule has 0 aliphatic heterocycles. The van der Waals surface area contributed by atoms with Crippen LogP contribution in [0.3, 0.4) is 0 Å². The minimum absolute atomic E-state index is 0.255. The summed E-state index contributed by atoms with van der Waals surface area (Å²) < 4.78 is 0. The number of benzene rings is 1. The van der Waals surface area contributed by atoms with Crippen LogP contribution in [0.4, 0.5) is 0 Å². The van der Waals surface area contributed by atoms with Gasteiger partial charge in [-0.25, -0.2) is 0 Å². The maximum atomic E-state index is 9.35. The van der Waals surface area contributed by atoms with Crippen LogP contribution in [0.15, 0.2) is 42.5 Å². The molecule has 0 saturated carbocycles. The summed E-state index contributed by atoms with van der Waals surface area (Å²) in [6.07, 6.45) is 4.43. The predicted octanol–water partition coefficient (Wildman–Crippen LogP) is 3.37. The molecule has 0 spiro atoms. The molecule has 2 rings (SSSR count). The molecule has 1 aliphatic carbocycles. The van der Waals surface area contributed by atoms with Crippen molar-refractivity contribution in [2.45, 2.75) is 17.7 Å². The van der Waals surface area contributed by atoms with Gasteiger partial charge in [-0.2, -0.15) is 10.5 Å². The minimum Gasteiger partial charge on any atom is -0.196 e. The minimum atomic E-state index is -1.17. The Kier molecular flexibility index (Phi) is 3.18. The fourth-order valence-corrected chi connectivity index (χ4v) is 2.54. The zero-order chi connectivity index (χ0) is 12.3. The zero-order valence-corrected chi connectivity index (χ0v) is 9.93. The Bertz CT molecular complexity index is 493. The molecule has 1 aromatic rings. The summed E-state index contributed by atoms with van der Waals surface area (Å²) in [4.78, 5) is 0. The van der Waals surface area contributed by atoms with E-state index in [9.17, 15) is 10.5 Å². The molecule has 1 aromatic carbocycles. The van der Waals surface area contributed by atoms with Crippen LogP contribution in [-0.4, -0.2) is 5.38 Å². The second-order valence-corrected chi connectivity index (χ2v) is 4.64. The number of hydrogen-bond acceptors (Lipinski definition) is 2. The molecule has 17 heavy (non-hydrogen) atoms. The lowest BCUT2D eigenvalue weighted by molar-refractivity contribution is 0.424. The van der Waals surface area contributed by atoms with Gasteiger partial charge in [-0.15, -0.1) is 11.6 Å². The van der Waals surface area contributed by atoms with Crippen molar-refractivity contribution in [3.63, 3.8) is 0 Å². The van der Waals surface area contributed by atoms with Gasteiger partial charge in [0.05, 0.1) is 17.5 Å². The monoisotopic (exact) mass is 242 g/mol. The van der Waals surface area contributed by atoms with Gasteiger partial charge in [-0.3, -0.25) is 0 Å². The lowest BCUT2D eigenvalue weighted by Gasteiger charge is -2.33. The Labute approximate surface area is 106 Å². The van der Waals surface area contributed by atoms with E-state index in [2.05, 4.69) is 12.1 Å². The number of alkyl halides is 1. The van der Waals surface area contributed by atoms with E-state index in [1.165, 1.54) is 0 Å². The topological polar surface area (TPSA) is 47.6 Å². The van der Waals surface area contributed by atoms with Gasteiger partial charge < -0.3 is 0 Å². The van der Waals surface area contributed by atoms with Crippen molar-refractivity contribution in [3.05, 3.63) is 48.0 Å². The molecular weight excluding hydrogens is 232 g/mol. The van der Waals surface area contributed by atoms with Crippen LogP contribution in [0.1, 0.15) is 17.9 Å². The highest BCUT2D eigenvalue weighted by molar-refractivity contribution is 6.21. The van der Waals surface area contributed by atoms with Gasteiger partial charge in [-0.1, -0.05) is 42.5 Å². The molecule has 2 atom stereocenters. The molecule has 84 valence electrons. The van der Waals surface area contributed by atoms with E-state index in [0.29, 0.717) is 6.42 Å². The quantitative estimate of drug-likeness (QED) is 0.560. The van der Waals surface area contributed by atoms with Crippen molar-refractivity contribution in [2.75, 3.05) is 0 Å². The normalized spacial score (nSPS) is 25.8. The van der Waals surface area contributed by atoms with E-state index < -0.39 is 10.8 Å². The van der Waals surface area contributed by atoms with E-state index >= 15 is 0 Å². The van der Waals surface area contributed by atoms with Crippen molar-refractivity contribution in [2.24, 2.45) is 5.41 Å². The summed E-state index contributed by atoms with van der Waals surface area (Å²) in [5.74, 6) is -0.255. The van der Waals surface area contributed by atoms with E-state index in [1.807, 2.05) is 42.5 Å². The van der Waals surface area contributed by atoms with Crippen LogP contribution in [-0.2, 0) is 0 Å². The average Bonchev–Trinajstić information content (AvgIpc) is 2.40. The Morgan fingerprint density at radius 2 is 1.82 bits per heavy atom. The number of nitrogens with zero attached hydrogens (tertiary/aromatic N) is 2. The first-order chi connectivity index (χ1) is 8.24. The van der Waals surface area contributed by atoms with E-state index in [4.69, 9.17) is 11.6 Å². The SMILES string of the molecule is N#CC1(C#N)[C@@H](Cl)CC=C[C@H]1c1ccccc1. The van der Waals surface area contributed by atoms with Crippen LogP contribution in [0.25, 0.3) is 0 Å². The first-order valence-corrected chi connectivity index (χ1v) is 5.86. The number of allylic oxidation sites excluding steroid dienone is 2. The summed E-state index contributed by atoms with van der Waals surface area (Å²) in [6, 6.07) is 13.8. The van der Waals surface area contributed by atoms with Gasteiger partial charge in [0.1, 0.15) is 0 Å². The standard InChI is InChI=1S/C14H11ClN2/c15-13-8-4-7-12(14(13,9-16)10-17)11-5-2-1-3-6-11/h1-7,12-13H,8H2/t12-,13-/m0/s1. The molecule has 2 nitrogen and oxygen atoms in total. The fourth-order valence-electron chi connectivity index (χ4n) is 2.21. The molecule has 0 N–H and O–H groups in total. The summed E-state index contributed by atoms with van der Waals surface area (Å²) in [5.41, 5.74) is -0.213. The van der Waals surface area contributed by atoms with Crippen molar-refractivity contribution in [3.8, 4) is 12.1 Å². The largest absolute Gasteiger partial charge is 0.196 e. The van der Waals surface area contributed by atoms with Gasteiger partial charge in [0.2, 0.25) is 0 Å². The van der Waals surface area contributed by atoms with Crippen molar-refractivity contribution < 1.29 is 0 Å². The second kappa shape index (κ2) is 4.62. The Morgan fingerprint density at radius 3 is 2.41 bits per heavy atom. The highest BCUT2D eigenvalue weighted by Crippen LogP contribution is 2.45. The van der Waals surface area contributed by atoms with Crippen LogP contribution < -0.4 is 0 Å². The molecule has 0 unspecified atom stereocenters. The lowest BCUT2D eigenvalue weighted by Crippen LogP contribution is -2.36. The van der Waals surface area contributed by atoms with Crippen molar-refractivity contribution >= 4 is 11.6 Å². The molecule has 3 heteroatoms. The van der Waals surface area contributed by atoms with Crippen LogP contribution in [0.5, 0.6) is 0 Å². The lowest BCUT2D eigenvalue weighted by atomic mass is 9.68. The van der Waals surface area contributed by atoms with Crippen molar-refractivity contribution in [1.82, 2.24) is 0 Å². The number of hydrogen-bond donors (Lipinski definition) is 0. The first-order valence-electron chi connectivity index (χ1n) is 5.43. The second-order valence-electron chi connectivity index (χ2n) is 4.11. The van der Waals surface area contributed by atoms with Gasteiger partial charge >= 0.3 is 0 Å². The van der Waals surface area contributed by atoms with Gasteiger partial charge in [0.15, 0.2) is 5.41 Å². The highest BCUT2D eigenvalue weighted by atomic mass is 35.5. The van der Waals surface area contributed by atoms with Gasteiger partial charge in [0, 0.05) is 5.92 Å². The number of rotatable bonds is 1. The molecular formula is C14H11ClN2. The third-order valence-electron chi connectivity index (χ3n) is 3.18. The average molecular weight is 243 g/mol. The Balaban J connectivity index is 2.53. The number of halogens is 1. The summed E-state index contributed by atoms with van der Waals surface area (Å²) in [7, 11) is 0. The highest BCUT2D eigenvalue weighted by Gasteiger charge is 2.47. The molecule has 0 aromatic heterocycles. The maximum absolute atomic E-state index is 9.35. The molecule has 0 fully saturated rings. The van der Waals surface area contributed by atoms with Crippen LogP contribution >= 0.6 is 11.6 Å². The summed E-state index contributed by atoms with van der Waals surface area (Å²) in [5, 5.41) is 18.2. The summed E-state index contributed by atoms with van der Waals surface area (Å²) >= 11 is 6.19. The third-order valence-corrected chi connectivity index (χ3v) is 3.71. The van der Waals surface area contributed by atoms with Crippen molar-refractivity contribution in [1.29, 1.82) is 10.5 Å². The zero-order valence-electron chi connectivity index (χ0n) is 9.18. The number of nitriles is 2. The predicted molar refractivity (Wildman–Crippen MR) is 66.2 cm³/mol. The molecule has 0 bridgehead atoms. The Hall–Kier alpha value is -1.77. The fraction of sp³-hybridized carbons (Fsp3) is 0.286. The van der Waals surface area contributed by atoms with E-state index in [0.717, 1.165) is 5.56 Å². The molecule has 0 saturated heterocycles. The van der Waals surface area contributed by atoms with Crippen LogP contribution in [0, 0.1) is 28.1 Å². The van der Waals surface area contributed by atoms with Gasteiger partial charge in [-0.05, 0) is 12.0 Å².